The van der Waals surface area contributed by atoms with Gasteiger partial charge in [0.15, 0.2) is 5.78 Å². The highest BCUT2D eigenvalue weighted by molar-refractivity contribution is 6.38. The summed E-state index contributed by atoms with van der Waals surface area (Å²) in [6, 6.07) is 23.5. The molecule has 2 heterocycles. The van der Waals surface area contributed by atoms with Crippen LogP contribution in [0.5, 0.6) is 0 Å². The standard InChI is InChI=1S/C39H24O5/c1-17-19(3)29-35(31-23-11-7-5-9-21(23)13-15-25(31)43-38(29)41)33-27(17)37(40)28-18(2)20(4)30-36(34(28)33)32-24-12-8-6-10-22(24)14-16-26(32)44-39(30)42/h5-16H,1-4H3. The quantitative estimate of drug-likeness (QED) is 0.134. The third-order valence-corrected chi connectivity index (χ3v) is 9.92. The highest BCUT2D eigenvalue weighted by Crippen LogP contribution is 2.52. The zero-order valence-electron chi connectivity index (χ0n) is 24.5. The van der Waals surface area contributed by atoms with E-state index >= 15 is 0 Å². The van der Waals surface area contributed by atoms with Crippen LogP contribution in [0.2, 0.25) is 0 Å². The van der Waals surface area contributed by atoms with Crippen molar-refractivity contribution in [2.45, 2.75) is 27.7 Å². The molecule has 0 saturated carbocycles. The third kappa shape index (κ3) is 2.86. The van der Waals surface area contributed by atoms with E-state index < -0.39 is 11.3 Å². The number of carbonyl (C=O) groups is 1. The van der Waals surface area contributed by atoms with Crippen LogP contribution in [0.3, 0.4) is 0 Å². The summed E-state index contributed by atoms with van der Waals surface area (Å²) in [7, 11) is 0. The lowest BCUT2D eigenvalue weighted by atomic mass is 9.85. The fourth-order valence-corrected chi connectivity index (χ4v) is 7.69. The van der Waals surface area contributed by atoms with E-state index in [9.17, 15) is 14.4 Å². The van der Waals surface area contributed by atoms with Crippen LogP contribution >= 0.6 is 0 Å². The van der Waals surface area contributed by atoms with E-state index in [0.29, 0.717) is 55.0 Å². The number of ketones is 1. The maximum absolute atomic E-state index is 14.7. The molecule has 9 rings (SSSR count). The van der Waals surface area contributed by atoms with Gasteiger partial charge in [-0.05, 0) is 83.6 Å². The predicted octanol–water partition coefficient (Wildman–Crippen LogP) is 8.96. The van der Waals surface area contributed by atoms with Gasteiger partial charge in [0, 0.05) is 43.8 Å². The van der Waals surface area contributed by atoms with Gasteiger partial charge in [-0.15, -0.1) is 0 Å². The summed E-state index contributed by atoms with van der Waals surface area (Å²) in [5, 5.41) is 7.67. The maximum atomic E-state index is 14.7. The van der Waals surface area contributed by atoms with E-state index in [4.69, 9.17) is 8.83 Å². The van der Waals surface area contributed by atoms with E-state index in [2.05, 4.69) is 0 Å². The van der Waals surface area contributed by atoms with Crippen LogP contribution < -0.4 is 11.3 Å². The van der Waals surface area contributed by atoms with E-state index in [-0.39, 0.29) is 5.78 Å². The van der Waals surface area contributed by atoms with Crippen LogP contribution in [0.4, 0.5) is 0 Å². The summed E-state index contributed by atoms with van der Waals surface area (Å²) >= 11 is 0. The second kappa shape index (κ2) is 8.29. The largest absolute Gasteiger partial charge is 0.422 e. The van der Waals surface area contributed by atoms with Gasteiger partial charge >= 0.3 is 11.3 Å². The molecule has 0 aliphatic heterocycles. The van der Waals surface area contributed by atoms with E-state index in [1.165, 1.54) is 0 Å². The Morgan fingerprint density at radius 2 is 0.818 bits per heavy atom. The van der Waals surface area contributed by atoms with Crippen molar-refractivity contribution < 1.29 is 13.6 Å². The highest BCUT2D eigenvalue weighted by Gasteiger charge is 2.38. The molecule has 5 heteroatoms. The SMILES string of the molecule is Cc1c2c(c3c(c1C)c(=O)oc1ccc4ccccc4c13)-c1c(c(C)c(C)c3c(=O)oc4ccc5ccccc5c4c13)C2=O. The first kappa shape index (κ1) is 25.0. The summed E-state index contributed by atoms with van der Waals surface area (Å²) in [4.78, 5) is 42.3. The smallest absolute Gasteiger partial charge is 0.344 e. The average Bonchev–Trinajstić information content (AvgIpc) is 3.33. The van der Waals surface area contributed by atoms with Crippen LogP contribution in [0.15, 0.2) is 91.2 Å². The Kier molecular flexibility index (Phi) is 4.71. The van der Waals surface area contributed by atoms with E-state index in [1.807, 2.05) is 100 Å². The van der Waals surface area contributed by atoms with Crippen LogP contribution in [-0.4, -0.2) is 5.78 Å². The molecule has 0 unspecified atom stereocenters. The molecular weight excluding hydrogens is 548 g/mol. The van der Waals surface area contributed by atoms with Crippen molar-refractivity contribution >= 4 is 70.8 Å². The van der Waals surface area contributed by atoms with Crippen molar-refractivity contribution in [1.82, 2.24) is 0 Å². The van der Waals surface area contributed by atoms with Gasteiger partial charge in [0.05, 0.1) is 10.8 Å². The topological polar surface area (TPSA) is 77.5 Å². The van der Waals surface area contributed by atoms with Crippen LogP contribution in [0.1, 0.15) is 38.2 Å². The molecule has 2 aromatic heterocycles. The fourth-order valence-electron chi connectivity index (χ4n) is 7.69. The van der Waals surface area contributed by atoms with E-state index in [0.717, 1.165) is 54.6 Å². The summed E-state index contributed by atoms with van der Waals surface area (Å²) in [5.41, 5.74) is 5.44. The Morgan fingerprint density at radius 3 is 1.25 bits per heavy atom. The van der Waals surface area contributed by atoms with Gasteiger partial charge in [-0.3, -0.25) is 4.79 Å². The Balaban J connectivity index is 1.69. The van der Waals surface area contributed by atoms with Crippen molar-refractivity contribution in [2.75, 3.05) is 0 Å². The van der Waals surface area contributed by atoms with Gasteiger partial charge in [-0.25, -0.2) is 9.59 Å². The normalized spacial score (nSPS) is 12.8. The number of aryl methyl sites for hydroxylation is 2. The van der Waals surface area contributed by atoms with Crippen LogP contribution in [0, 0.1) is 27.7 Å². The first-order valence-corrected chi connectivity index (χ1v) is 14.7. The van der Waals surface area contributed by atoms with Gasteiger partial charge in [0.25, 0.3) is 0 Å². The molecule has 210 valence electrons. The monoisotopic (exact) mass is 572 g/mol. The molecule has 0 saturated heterocycles. The number of hydrogen-bond donors (Lipinski definition) is 0. The fraction of sp³-hybridized carbons (Fsp3) is 0.103. The highest BCUT2D eigenvalue weighted by atomic mass is 16.4. The van der Waals surface area contributed by atoms with Gasteiger partial charge in [0.1, 0.15) is 11.2 Å². The van der Waals surface area contributed by atoms with Crippen molar-refractivity contribution in [3.8, 4) is 11.1 Å². The average molecular weight is 573 g/mol. The molecule has 44 heavy (non-hydrogen) atoms. The molecule has 8 aromatic rings. The molecular formula is C39H24O5. The van der Waals surface area contributed by atoms with Crippen molar-refractivity contribution in [3.63, 3.8) is 0 Å². The molecule has 0 bridgehead atoms. The van der Waals surface area contributed by atoms with Gasteiger partial charge in [-0.1, -0.05) is 60.7 Å². The predicted molar refractivity (Wildman–Crippen MR) is 176 cm³/mol. The minimum Gasteiger partial charge on any atom is -0.422 e. The summed E-state index contributed by atoms with van der Waals surface area (Å²) in [6.45, 7) is 7.57. The van der Waals surface area contributed by atoms with Gasteiger partial charge in [0.2, 0.25) is 0 Å². The minimum absolute atomic E-state index is 0.0942. The Hall–Kier alpha value is -5.55. The zero-order chi connectivity index (χ0) is 30.2. The maximum Gasteiger partial charge on any atom is 0.344 e. The lowest BCUT2D eigenvalue weighted by Crippen LogP contribution is -2.08. The summed E-state index contributed by atoms with van der Waals surface area (Å²) < 4.78 is 11.9. The lowest BCUT2D eigenvalue weighted by molar-refractivity contribution is 0.104. The van der Waals surface area contributed by atoms with E-state index in [1.54, 1.807) is 0 Å². The molecule has 1 aliphatic carbocycles. The number of rotatable bonds is 0. The Bertz CT molecular complexity index is 2620. The number of benzene rings is 6. The molecule has 5 nitrogen and oxygen atoms in total. The zero-order valence-corrected chi connectivity index (χ0v) is 24.5. The minimum atomic E-state index is -0.449. The molecule has 0 spiro atoms. The molecule has 1 aliphatic rings. The molecule has 0 N–H and O–H groups in total. The molecule has 0 fully saturated rings. The summed E-state index contributed by atoms with van der Waals surface area (Å²) in [5.74, 6) is -0.0942. The summed E-state index contributed by atoms with van der Waals surface area (Å²) in [6.07, 6.45) is 0. The number of carbonyl (C=O) groups excluding carboxylic acids is 1. The second-order valence-electron chi connectivity index (χ2n) is 11.9. The molecule has 0 atom stereocenters. The molecule has 0 amide bonds. The Labute approximate surface area is 249 Å². The van der Waals surface area contributed by atoms with Crippen molar-refractivity contribution in [2.24, 2.45) is 0 Å². The first-order valence-electron chi connectivity index (χ1n) is 14.7. The Morgan fingerprint density at radius 1 is 0.409 bits per heavy atom. The van der Waals surface area contributed by atoms with Crippen LogP contribution in [0.25, 0.3) is 76.2 Å². The second-order valence-corrected chi connectivity index (χ2v) is 11.9. The van der Waals surface area contributed by atoms with Gasteiger partial charge in [-0.2, -0.15) is 0 Å². The van der Waals surface area contributed by atoms with Crippen LogP contribution in [-0.2, 0) is 0 Å². The van der Waals surface area contributed by atoms with Crippen molar-refractivity contribution in [3.05, 3.63) is 127 Å². The van der Waals surface area contributed by atoms with Crippen molar-refractivity contribution in [1.29, 1.82) is 0 Å². The number of hydrogen-bond acceptors (Lipinski definition) is 5. The first-order chi connectivity index (χ1) is 21.3. The molecule has 6 aromatic carbocycles. The number of fused-ring (bicyclic) bond motifs is 15. The lowest BCUT2D eigenvalue weighted by Gasteiger charge is -2.18. The van der Waals surface area contributed by atoms with Gasteiger partial charge < -0.3 is 8.83 Å². The molecule has 0 radical (unpaired) electrons. The third-order valence-electron chi connectivity index (χ3n) is 9.92.